The first-order valence-electron chi connectivity index (χ1n) is 11.1. The van der Waals surface area contributed by atoms with E-state index in [1.54, 1.807) is 6.20 Å². The van der Waals surface area contributed by atoms with Crippen molar-refractivity contribution in [2.45, 2.75) is 36.4 Å². The highest BCUT2D eigenvalue weighted by Crippen LogP contribution is 2.31. The average Bonchev–Trinajstić information content (AvgIpc) is 2.79. The number of benzene rings is 1. The van der Waals surface area contributed by atoms with Crippen molar-refractivity contribution >= 4 is 15.8 Å². The number of alkyl halides is 3. The van der Waals surface area contributed by atoms with E-state index in [1.807, 2.05) is 17.9 Å². The van der Waals surface area contributed by atoms with E-state index in [2.05, 4.69) is 14.9 Å². The highest BCUT2D eigenvalue weighted by molar-refractivity contribution is 7.89. The van der Waals surface area contributed by atoms with Gasteiger partial charge in [0, 0.05) is 52.0 Å². The van der Waals surface area contributed by atoms with Crippen LogP contribution in [0.25, 0.3) is 0 Å². The van der Waals surface area contributed by atoms with Gasteiger partial charge in [0.05, 0.1) is 16.1 Å². The maximum Gasteiger partial charge on any atom is 0.416 e. The van der Waals surface area contributed by atoms with Crippen LogP contribution in [0.5, 0.6) is 0 Å². The monoisotopic (exact) mass is 499 g/mol. The molecule has 0 saturated carbocycles. The largest absolute Gasteiger partial charge is 0.416 e. The highest BCUT2D eigenvalue weighted by atomic mass is 32.2. The highest BCUT2D eigenvalue weighted by Gasteiger charge is 2.37. The first-order chi connectivity index (χ1) is 16.0. The van der Waals surface area contributed by atoms with E-state index < -0.39 is 27.4 Å². The van der Waals surface area contributed by atoms with Crippen LogP contribution in [0, 0.1) is 6.92 Å². The first-order valence-corrected chi connectivity index (χ1v) is 12.6. The number of nitrogens with zero attached hydrogens (tertiary/aromatic N) is 5. The van der Waals surface area contributed by atoms with Gasteiger partial charge in [-0.1, -0.05) is 0 Å². The van der Waals surface area contributed by atoms with Crippen molar-refractivity contribution in [2.75, 3.05) is 50.7 Å². The number of halogens is 3. The van der Waals surface area contributed by atoms with Crippen molar-refractivity contribution in [3.8, 4) is 0 Å². The van der Waals surface area contributed by atoms with E-state index in [-0.39, 0.29) is 18.0 Å². The normalized spacial score (nSPS) is 20.4. The fourth-order valence-corrected chi connectivity index (χ4v) is 5.86. The summed E-state index contributed by atoms with van der Waals surface area (Å²) in [6.45, 7) is 4.91. The molecule has 1 aromatic carbocycles. The molecule has 2 aliphatic heterocycles. The molecule has 0 amide bonds. The molecule has 1 aromatic heterocycles. The van der Waals surface area contributed by atoms with Crippen LogP contribution in [0.15, 0.2) is 41.4 Å². The van der Waals surface area contributed by atoms with Gasteiger partial charge in [-0.3, -0.25) is 4.90 Å². The zero-order valence-corrected chi connectivity index (χ0v) is 19.7. The Morgan fingerprint density at radius 2 is 1.62 bits per heavy atom. The Labute approximate surface area is 197 Å². The van der Waals surface area contributed by atoms with Gasteiger partial charge in [0.2, 0.25) is 10.0 Å². The van der Waals surface area contributed by atoms with Gasteiger partial charge in [-0.15, -0.1) is 0 Å². The van der Waals surface area contributed by atoms with E-state index in [0.29, 0.717) is 51.4 Å². The van der Waals surface area contributed by atoms with E-state index >= 15 is 0 Å². The van der Waals surface area contributed by atoms with Crippen LogP contribution in [0.4, 0.5) is 19.0 Å². The van der Waals surface area contributed by atoms with Crippen molar-refractivity contribution in [3.63, 3.8) is 0 Å². The number of hydrogen-bond donors (Lipinski definition) is 1. The quantitative estimate of drug-likeness (QED) is 0.674. The van der Waals surface area contributed by atoms with Gasteiger partial charge in [0.1, 0.15) is 11.6 Å². The lowest BCUT2D eigenvalue weighted by Gasteiger charge is -2.43. The fourth-order valence-electron chi connectivity index (χ4n) is 4.44. The molecule has 0 unspecified atom stereocenters. The molecule has 2 aromatic rings. The van der Waals surface area contributed by atoms with Crippen LogP contribution < -0.4 is 4.90 Å². The van der Waals surface area contributed by atoms with Crippen molar-refractivity contribution in [2.24, 2.45) is 0 Å². The van der Waals surface area contributed by atoms with Crippen molar-refractivity contribution in [1.82, 2.24) is 19.2 Å². The molecular weight excluding hydrogens is 471 g/mol. The summed E-state index contributed by atoms with van der Waals surface area (Å²) < 4.78 is 65.3. The van der Waals surface area contributed by atoms with Gasteiger partial charge in [-0.25, -0.2) is 18.4 Å². The summed E-state index contributed by atoms with van der Waals surface area (Å²) >= 11 is 0. The standard InChI is InChI=1S/C22H28F3N5O3S/c1-17-26-9-6-20(27-17)29-10-7-21(31,8-11-29)16-28-12-14-30(15-13-28)34(32,33)19-4-2-18(3-5-19)22(23,24)25/h2-6,9,31H,7-8,10-16H2,1H3. The summed E-state index contributed by atoms with van der Waals surface area (Å²) in [5, 5.41) is 11.1. The minimum Gasteiger partial charge on any atom is -0.388 e. The predicted molar refractivity (Wildman–Crippen MR) is 120 cm³/mol. The molecule has 186 valence electrons. The molecule has 2 aliphatic rings. The first kappa shape index (κ1) is 24.8. The summed E-state index contributed by atoms with van der Waals surface area (Å²) in [6, 6.07) is 5.43. The number of rotatable bonds is 5. The van der Waals surface area contributed by atoms with Crippen LogP contribution in [0.1, 0.15) is 24.2 Å². The number of sulfonamides is 1. The second kappa shape index (κ2) is 9.40. The Balaban J connectivity index is 1.31. The van der Waals surface area contributed by atoms with E-state index in [9.17, 15) is 26.7 Å². The Morgan fingerprint density at radius 3 is 2.18 bits per heavy atom. The number of piperidine rings is 1. The van der Waals surface area contributed by atoms with Gasteiger partial charge >= 0.3 is 6.18 Å². The summed E-state index contributed by atoms with van der Waals surface area (Å²) in [5.74, 6) is 1.54. The maximum atomic E-state index is 12.9. The Bertz CT molecular complexity index is 1100. The molecule has 1 N–H and O–H groups in total. The van der Waals surface area contributed by atoms with Crippen LogP contribution in [-0.2, 0) is 16.2 Å². The summed E-state index contributed by atoms with van der Waals surface area (Å²) in [5.41, 5.74) is -1.75. The lowest BCUT2D eigenvalue weighted by molar-refractivity contribution is -0.137. The molecule has 12 heteroatoms. The van der Waals surface area contributed by atoms with Crippen LogP contribution in [-0.4, -0.2) is 84.1 Å². The number of aryl methyl sites for hydroxylation is 1. The zero-order valence-electron chi connectivity index (χ0n) is 18.9. The molecule has 34 heavy (non-hydrogen) atoms. The topological polar surface area (TPSA) is 89.9 Å². The minimum absolute atomic E-state index is 0.153. The number of anilines is 1. The molecule has 0 radical (unpaired) electrons. The van der Waals surface area contributed by atoms with Crippen LogP contribution in [0.2, 0.25) is 0 Å². The third kappa shape index (κ3) is 5.51. The van der Waals surface area contributed by atoms with Crippen molar-refractivity contribution in [3.05, 3.63) is 47.9 Å². The zero-order chi connectivity index (χ0) is 24.6. The average molecular weight is 500 g/mol. The third-order valence-corrected chi connectivity index (χ3v) is 8.36. The fraction of sp³-hybridized carbons (Fsp3) is 0.545. The Kier molecular flexibility index (Phi) is 6.87. The summed E-state index contributed by atoms with van der Waals surface area (Å²) in [4.78, 5) is 12.6. The SMILES string of the molecule is Cc1nccc(N2CCC(O)(CN3CCN(S(=O)(=O)c4ccc(C(F)(F)F)cc4)CC3)CC2)n1. The summed E-state index contributed by atoms with van der Waals surface area (Å²) in [6.07, 6.45) is -1.66. The Morgan fingerprint density at radius 1 is 1.00 bits per heavy atom. The van der Waals surface area contributed by atoms with E-state index in [0.717, 1.165) is 30.1 Å². The molecule has 2 fully saturated rings. The molecular formula is C22H28F3N5O3S. The van der Waals surface area contributed by atoms with Gasteiger partial charge in [0.15, 0.2) is 0 Å². The van der Waals surface area contributed by atoms with Gasteiger partial charge < -0.3 is 10.0 Å². The summed E-state index contributed by atoms with van der Waals surface area (Å²) in [7, 11) is -3.88. The Hall–Kier alpha value is -2.28. The second-order valence-electron chi connectivity index (χ2n) is 8.88. The van der Waals surface area contributed by atoms with Crippen molar-refractivity contribution < 1.29 is 26.7 Å². The molecule has 0 bridgehead atoms. The van der Waals surface area contributed by atoms with E-state index in [4.69, 9.17) is 0 Å². The number of aromatic nitrogens is 2. The molecule has 4 rings (SSSR count). The second-order valence-corrected chi connectivity index (χ2v) is 10.8. The van der Waals surface area contributed by atoms with Gasteiger partial charge in [-0.05, 0) is 50.1 Å². The molecule has 0 aliphatic carbocycles. The molecule has 0 atom stereocenters. The number of piperazine rings is 1. The molecule has 3 heterocycles. The molecule has 0 spiro atoms. The maximum absolute atomic E-state index is 12.9. The number of β-amino-alcohol motifs (C(OH)–C–C–N with tert-alkyl or cyclic N) is 1. The van der Waals surface area contributed by atoms with Gasteiger partial charge in [0.25, 0.3) is 0 Å². The number of aliphatic hydroxyl groups is 1. The minimum atomic E-state index is -4.52. The molecule has 8 nitrogen and oxygen atoms in total. The smallest absolute Gasteiger partial charge is 0.388 e. The lowest BCUT2D eigenvalue weighted by Crippen LogP contribution is -2.56. The van der Waals surface area contributed by atoms with Crippen molar-refractivity contribution in [1.29, 1.82) is 0 Å². The third-order valence-electron chi connectivity index (χ3n) is 6.45. The lowest BCUT2D eigenvalue weighted by atomic mass is 9.90. The molecule has 2 saturated heterocycles. The number of hydrogen-bond acceptors (Lipinski definition) is 7. The van der Waals surface area contributed by atoms with E-state index in [1.165, 1.54) is 4.31 Å². The van der Waals surface area contributed by atoms with Gasteiger partial charge in [-0.2, -0.15) is 17.5 Å². The van der Waals surface area contributed by atoms with Crippen LogP contribution >= 0.6 is 0 Å². The predicted octanol–water partition coefficient (Wildman–Crippen LogP) is 2.14. The van der Waals surface area contributed by atoms with Crippen LogP contribution in [0.3, 0.4) is 0 Å².